The summed E-state index contributed by atoms with van der Waals surface area (Å²) in [7, 11) is 0. The number of morpholine rings is 1. The van der Waals surface area contributed by atoms with Gasteiger partial charge in [0.1, 0.15) is 5.82 Å². The number of nitrogens with zero attached hydrogens (tertiary/aromatic N) is 2. The van der Waals surface area contributed by atoms with E-state index in [1.165, 1.54) is 11.1 Å². The first kappa shape index (κ1) is 14.9. The summed E-state index contributed by atoms with van der Waals surface area (Å²) in [6, 6.07) is 8.49. The highest BCUT2D eigenvalue weighted by atomic mass is 16.5. The maximum atomic E-state index is 5.76. The molecule has 2 heterocycles. The Bertz CT molecular complexity index is 578. The summed E-state index contributed by atoms with van der Waals surface area (Å²) >= 11 is 0. The maximum Gasteiger partial charge on any atom is 0.155 e. The van der Waals surface area contributed by atoms with Crippen LogP contribution in [0.1, 0.15) is 30.0 Å². The Morgan fingerprint density at radius 3 is 2.64 bits per heavy atom. The molecule has 1 aromatic heterocycles. The van der Waals surface area contributed by atoms with E-state index in [4.69, 9.17) is 9.47 Å². The number of hydrogen-bond donors (Lipinski definition) is 1. The second kappa shape index (κ2) is 7.33. The minimum atomic E-state index is 0.157. The summed E-state index contributed by atoms with van der Waals surface area (Å²) in [4.78, 5) is 8.67. The minimum absolute atomic E-state index is 0.157. The lowest BCUT2D eigenvalue weighted by molar-refractivity contribution is 0.0277. The van der Waals surface area contributed by atoms with Crippen LogP contribution >= 0.6 is 0 Å². The highest BCUT2D eigenvalue weighted by Crippen LogP contribution is 2.19. The average Bonchev–Trinajstić information content (AvgIpc) is 2.58. The van der Waals surface area contributed by atoms with Crippen LogP contribution in [0, 0.1) is 0 Å². The highest BCUT2D eigenvalue weighted by molar-refractivity contribution is 5.27. The molecule has 0 aliphatic carbocycles. The van der Waals surface area contributed by atoms with Gasteiger partial charge in [0.25, 0.3) is 0 Å². The minimum Gasteiger partial charge on any atom is -0.491 e. The maximum absolute atomic E-state index is 5.76. The molecule has 0 spiro atoms. The van der Waals surface area contributed by atoms with Crippen molar-refractivity contribution >= 4 is 0 Å². The van der Waals surface area contributed by atoms with Gasteiger partial charge in [-0.2, -0.15) is 0 Å². The number of rotatable bonds is 5. The van der Waals surface area contributed by atoms with Crippen molar-refractivity contribution in [1.29, 1.82) is 0 Å². The Labute approximate surface area is 130 Å². The van der Waals surface area contributed by atoms with E-state index >= 15 is 0 Å². The second-order valence-corrected chi connectivity index (χ2v) is 5.25. The molecule has 0 saturated carbocycles. The topological polar surface area (TPSA) is 56.3 Å². The molecule has 0 amide bonds. The molecule has 3 rings (SSSR count). The molecule has 5 heteroatoms. The molecular weight excluding hydrogens is 278 g/mol. The van der Waals surface area contributed by atoms with Crippen LogP contribution in [0.3, 0.4) is 0 Å². The summed E-state index contributed by atoms with van der Waals surface area (Å²) < 4.78 is 11.1. The zero-order valence-electron chi connectivity index (χ0n) is 12.8. The number of aromatic nitrogens is 2. The molecule has 5 nitrogen and oxygen atoms in total. The van der Waals surface area contributed by atoms with Gasteiger partial charge in [-0.3, -0.25) is 0 Å². The normalized spacial score (nSPS) is 18.1. The molecule has 1 saturated heterocycles. The molecule has 1 fully saturated rings. The van der Waals surface area contributed by atoms with Gasteiger partial charge in [-0.15, -0.1) is 0 Å². The molecular formula is C17H21N3O2. The molecule has 1 aromatic carbocycles. The standard InChI is InChI=1S/C17H21N3O2/c1-2-21-15-10-19-17(20-11-15)9-13-3-5-14(6-4-13)16-12-18-7-8-22-16/h3-6,10-11,16,18H,2,7-9,12H2,1H3/t16-/m1/s1. The summed E-state index contributed by atoms with van der Waals surface area (Å²) in [6.45, 7) is 5.15. The highest BCUT2D eigenvalue weighted by Gasteiger charge is 2.15. The van der Waals surface area contributed by atoms with Crippen molar-refractivity contribution in [1.82, 2.24) is 15.3 Å². The Hall–Kier alpha value is -1.98. The van der Waals surface area contributed by atoms with Crippen LogP contribution in [0.25, 0.3) is 0 Å². The van der Waals surface area contributed by atoms with Gasteiger partial charge in [0.15, 0.2) is 5.75 Å². The van der Waals surface area contributed by atoms with Crippen molar-refractivity contribution < 1.29 is 9.47 Å². The predicted molar refractivity (Wildman–Crippen MR) is 84.0 cm³/mol. The number of hydrogen-bond acceptors (Lipinski definition) is 5. The van der Waals surface area contributed by atoms with Gasteiger partial charge in [-0.25, -0.2) is 9.97 Å². The van der Waals surface area contributed by atoms with Gasteiger partial charge < -0.3 is 14.8 Å². The molecule has 1 aliphatic heterocycles. The molecule has 22 heavy (non-hydrogen) atoms. The molecule has 116 valence electrons. The molecule has 1 N–H and O–H groups in total. The van der Waals surface area contributed by atoms with Gasteiger partial charge >= 0.3 is 0 Å². The first-order valence-electron chi connectivity index (χ1n) is 7.70. The third-order valence-corrected chi connectivity index (χ3v) is 3.63. The summed E-state index contributed by atoms with van der Waals surface area (Å²) in [5.41, 5.74) is 2.40. The lowest BCUT2D eigenvalue weighted by Crippen LogP contribution is -2.33. The number of benzene rings is 1. The summed E-state index contributed by atoms with van der Waals surface area (Å²) in [5.74, 6) is 1.51. The zero-order chi connectivity index (χ0) is 15.2. The second-order valence-electron chi connectivity index (χ2n) is 5.25. The lowest BCUT2D eigenvalue weighted by Gasteiger charge is -2.24. The van der Waals surface area contributed by atoms with Crippen molar-refractivity contribution in [3.63, 3.8) is 0 Å². The fourth-order valence-electron chi connectivity index (χ4n) is 2.49. The van der Waals surface area contributed by atoms with Crippen LogP contribution in [-0.4, -0.2) is 36.3 Å². The van der Waals surface area contributed by atoms with Crippen molar-refractivity contribution in [2.24, 2.45) is 0 Å². The monoisotopic (exact) mass is 299 g/mol. The van der Waals surface area contributed by atoms with Crippen LogP contribution in [0.4, 0.5) is 0 Å². The molecule has 1 atom stereocenters. The molecule has 2 aromatic rings. The van der Waals surface area contributed by atoms with E-state index in [0.29, 0.717) is 12.4 Å². The first-order valence-corrected chi connectivity index (χ1v) is 7.70. The van der Waals surface area contributed by atoms with Crippen LogP contribution in [0.2, 0.25) is 0 Å². The lowest BCUT2D eigenvalue weighted by atomic mass is 10.0. The number of nitrogens with one attached hydrogen (secondary N) is 1. The van der Waals surface area contributed by atoms with Crippen molar-refractivity contribution in [2.75, 3.05) is 26.3 Å². The van der Waals surface area contributed by atoms with E-state index in [0.717, 1.165) is 31.9 Å². The van der Waals surface area contributed by atoms with Crippen LogP contribution in [0.15, 0.2) is 36.7 Å². The quantitative estimate of drug-likeness (QED) is 0.916. The van der Waals surface area contributed by atoms with Crippen molar-refractivity contribution in [3.05, 3.63) is 53.6 Å². The van der Waals surface area contributed by atoms with E-state index in [-0.39, 0.29) is 6.10 Å². The molecule has 0 radical (unpaired) electrons. The van der Waals surface area contributed by atoms with E-state index in [9.17, 15) is 0 Å². The van der Waals surface area contributed by atoms with E-state index in [1.807, 2.05) is 6.92 Å². The van der Waals surface area contributed by atoms with Gasteiger partial charge in [0.05, 0.1) is 31.7 Å². The van der Waals surface area contributed by atoms with Crippen molar-refractivity contribution in [2.45, 2.75) is 19.4 Å². The number of ether oxygens (including phenoxy) is 2. The van der Waals surface area contributed by atoms with Crippen LogP contribution in [-0.2, 0) is 11.2 Å². The van der Waals surface area contributed by atoms with Gasteiger partial charge in [0, 0.05) is 19.5 Å². The Kier molecular flexibility index (Phi) is 4.98. The van der Waals surface area contributed by atoms with E-state index in [2.05, 4.69) is 39.6 Å². The van der Waals surface area contributed by atoms with Gasteiger partial charge in [-0.05, 0) is 18.1 Å². The zero-order valence-corrected chi connectivity index (χ0v) is 12.8. The Morgan fingerprint density at radius 2 is 2.00 bits per heavy atom. The largest absolute Gasteiger partial charge is 0.491 e. The smallest absolute Gasteiger partial charge is 0.155 e. The molecule has 1 aliphatic rings. The average molecular weight is 299 g/mol. The SMILES string of the molecule is CCOc1cnc(Cc2ccc([C@H]3CNCCO3)cc2)nc1. The predicted octanol–water partition coefficient (Wildman–Crippen LogP) is 2.13. The third-order valence-electron chi connectivity index (χ3n) is 3.63. The summed E-state index contributed by atoms with van der Waals surface area (Å²) in [5, 5.41) is 3.35. The fourth-order valence-corrected chi connectivity index (χ4v) is 2.49. The van der Waals surface area contributed by atoms with Gasteiger partial charge in [-0.1, -0.05) is 24.3 Å². The summed E-state index contributed by atoms with van der Waals surface area (Å²) in [6.07, 6.45) is 4.32. The van der Waals surface area contributed by atoms with Crippen LogP contribution in [0.5, 0.6) is 5.75 Å². The molecule has 0 bridgehead atoms. The van der Waals surface area contributed by atoms with E-state index < -0.39 is 0 Å². The third kappa shape index (κ3) is 3.81. The fraction of sp³-hybridized carbons (Fsp3) is 0.412. The van der Waals surface area contributed by atoms with Crippen LogP contribution < -0.4 is 10.1 Å². The Morgan fingerprint density at radius 1 is 1.23 bits per heavy atom. The Balaban J connectivity index is 1.62. The van der Waals surface area contributed by atoms with Gasteiger partial charge in [0.2, 0.25) is 0 Å². The molecule has 0 unspecified atom stereocenters. The first-order chi connectivity index (χ1) is 10.8. The van der Waals surface area contributed by atoms with E-state index in [1.54, 1.807) is 12.4 Å². The van der Waals surface area contributed by atoms with Crippen molar-refractivity contribution in [3.8, 4) is 5.75 Å².